The molecule has 1 spiro atoms. The Balaban J connectivity index is 1.23. The molecule has 0 amide bonds. The van der Waals surface area contributed by atoms with E-state index in [2.05, 4.69) is 117 Å². The molecule has 0 radical (unpaired) electrons. The highest BCUT2D eigenvalue weighted by atomic mass is 16.5. The third-order valence-electron chi connectivity index (χ3n) is 10.9. The Morgan fingerprint density at radius 1 is 0.434 bits per heavy atom. The van der Waals surface area contributed by atoms with Gasteiger partial charge in [-0.3, -0.25) is 4.98 Å². The quantitative estimate of drug-likeness (QED) is 0.185. The number of rotatable bonds is 4. The van der Waals surface area contributed by atoms with Crippen molar-refractivity contribution in [2.75, 3.05) is 0 Å². The topological polar surface area (TPSA) is 60.8 Å². The normalized spacial score (nSPS) is 13.1. The predicted molar refractivity (Wildman–Crippen MR) is 211 cm³/mol. The minimum absolute atomic E-state index is 0.635. The number of aryl methyl sites for hydroxylation is 3. The minimum atomic E-state index is -0.635. The second-order valence-corrected chi connectivity index (χ2v) is 14.0. The van der Waals surface area contributed by atoms with Gasteiger partial charge in [-0.1, -0.05) is 115 Å². The average Bonchev–Trinajstić information content (AvgIpc) is 3.48. The molecule has 2 aromatic heterocycles. The molecule has 0 bridgehead atoms. The summed E-state index contributed by atoms with van der Waals surface area (Å²) >= 11 is 0. The maximum Gasteiger partial charge on any atom is 0.163 e. The highest BCUT2D eigenvalue weighted by Crippen LogP contribution is 2.62. The van der Waals surface area contributed by atoms with E-state index in [1.807, 2.05) is 55.6 Å². The Labute approximate surface area is 308 Å². The molecule has 252 valence electrons. The van der Waals surface area contributed by atoms with Crippen LogP contribution in [0, 0.1) is 20.8 Å². The molecule has 0 atom stereocenters. The van der Waals surface area contributed by atoms with Crippen LogP contribution in [-0.4, -0.2) is 19.9 Å². The molecule has 1 aliphatic carbocycles. The molecule has 5 heteroatoms. The maximum absolute atomic E-state index is 6.63. The van der Waals surface area contributed by atoms with Gasteiger partial charge < -0.3 is 4.74 Å². The van der Waals surface area contributed by atoms with E-state index in [1.54, 1.807) is 0 Å². The number of fused-ring (bicyclic) bond motifs is 9. The predicted octanol–water partition coefficient (Wildman–Crippen LogP) is 11.3. The van der Waals surface area contributed by atoms with Gasteiger partial charge in [0.25, 0.3) is 0 Å². The molecular formula is C48H34N4O. The molecule has 0 N–H and O–H groups in total. The van der Waals surface area contributed by atoms with E-state index in [4.69, 9.17) is 24.7 Å². The van der Waals surface area contributed by atoms with E-state index in [-0.39, 0.29) is 0 Å². The van der Waals surface area contributed by atoms with Crippen LogP contribution in [0.4, 0.5) is 0 Å². The summed E-state index contributed by atoms with van der Waals surface area (Å²) in [5, 5.41) is 0. The van der Waals surface area contributed by atoms with Gasteiger partial charge in [-0.2, -0.15) is 0 Å². The summed E-state index contributed by atoms with van der Waals surface area (Å²) in [4.78, 5) is 19.5. The number of nitrogens with zero attached hydrogens (tertiary/aromatic N) is 4. The molecule has 2 aliphatic rings. The van der Waals surface area contributed by atoms with Crippen LogP contribution in [-0.2, 0) is 5.41 Å². The summed E-state index contributed by atoms with van der Waals surface area (Å²) in [5.74, 6) is 3.70. The first-order valence-corrected chi connectivity index (χ1v) is 18.0. The Kier molecular flexibility index (Phi) is 6.99. The Hall–Kier alpha value is -6.72. The highest BCUT2D eigenvalue weighted by Gasteiger charge is 2.51. The van der Waals surface area contributed by atoms with Gasteiger partial charge in [0.1, 0.15) is 17.3 Å². The second-order valence-electron chi connectivity index (χ2n) is 14.0. The van der Waals surface area contributed by atoms with Crippen LogP contribution in [0.15, 0.2) is 152 Å². The summed E-state index contributed by atoms with van der Waals surface area (Å²) in [7, 11) is 0. The van der Waals surface area contributed by atoms with Gasteiger partial charge in [0.15, 0.2) is 11.6 Å². The number of aromatic nitrogens is 4. The van der Waals surface area contributed by atoms with E-state index in [9.17, 15) is 0 Å². The number of para-hydroxylation sites is 2. The summed E-state index contributed by atoms with van der Waals surface area (Å²) in [5.41, 5.74) is 15.0. The molecule has 0 unspecified atom stereocenters. The summed E-state index contributed by atoms with van der Waals surface area (Å²) < 4.78 is 6.63. The van der Waals surface area contributed by atoms with E-state index in [0.717, 1.165) is 56.1 Å². The van der Waals surface area contributed by atoms with Crippen molar-refractivity contribution in [3.63, 3.8) is 0 Å². The average molecular weight is 683 g/mol. The van der Waals surface area contributed by atoms with Crippen LogP contribution < -0.4 is 4.74 Å². The fourth-order valence-corrected chi connectivity index (χ4v) is 8.27. The van der Waals surface area contributed by atoms with Crippen LogP contribution in [0.3, 0.4) is 0 Å². The van der Waals surface area contributed by atoms with Crippen molar-refractivity contribution in [2.24, 2.45) is 0 Å². The Bertz CT molecular complexity index is 2710. The molecule has 0 saturated carbocycles. The van der Waals surface area contributed by atoms with Crippen LogP contribution >= 0.6 is 0 Å². The minimum Gasteiger partial charge on any atom is -0.457 e. The van der Waals surface area contributed by atoms with Gasteiger partial charge in [-0.15, -0.1) is 0 Å². The van der Waals surface area contributed by atoms with Crippen molar-refractivity contribution in [3.8, 4) is 67.8 Å². The molecule has 8 aromatic rings. The van der Waals surface area contributed by atoms with Gasteiger partial charge in [-0.25, -0.2) is 15.0 Å². The standard InChI is InChI=1S/C48H34N4O/c1-29-25-43(49-28-30(29)2)37-16-8-7-15-35(37)33-22-24-39-38(26-33)36-23-21-34(47-51-31(3)50-46(52-47)32-13-5-4-6-14-32)27-42(36)48(39)40-17-9-11-19-44(40)53-45-20-12-10-18-41(45)48/h4-28H,1-3H3. The molecule has 6 aromatic carbocycles. The van der Waals surface area contributed by atoms with E-state index >= 15 is 0 Å². The number of benzene rings is 6. The van der Waals surface area contributed by atoms with Crippen molar-refractivity contribution in [1.82, 2.24) is 19.9 Å². The lowest BCUT2D eigenvalue weighted by molar-refractivity contribution is 0.436. The number of pyridine rings is 1. The summed E-state index contributed by atoms with van der Waals surface area (Å²) in [6, 6.07) is 51.4. The van der Waals surface area contributed by atoms with Crippen molar-refractivity contribution in [2.45, 2.75) is 26.2 Å². The van der Waals surface area contributed by atoms with Crippen LogP contribution in [0.2, 0.25) is 0 Å². The Morgan fingerprint density at radius 2 is 1.08 bits per heavy atom. The fourth-order valence-electron chi connectivity index (χ4n) is 8.27. The Morgan fingerprint density at radius 3 is 1.81 bits per heavy atom. The molecule has 3 heterocycles. The smallest absolute Gasteiger partial charge is 0.163 e. The summed E-state index contributed by atoms with van der Waals surface area (Å²) in [6.07, 6.45) is 1.97. The second kappa shape index (κ2) is 11.9. The monoisotopic (exact) mass is 682 g/mol. The first-order chi connectivity index (χ1) is 26.0. The molecule has 5 nitrogen and oxygen atoms in total. The molecular weight excluding hydrogens is 649 g/mol. The largest absolute Gasteiger partial charge is 0.457 e. The first-order valence-electron chi connectivity index (χ1n) is 18.0. The molecule has 53 heavy (non-hydrogen) atoms. The third kappa shape index (κ3) is 4.77. The summed E-state index contributed by atoms with van der Waals surface area (Å²) in [6.45, 7) is 6.18. The van der Waals surface area contributed by atoms with E-state index in [1.165, 1.54) is 33.4 Å². The van der Waals surface area contributed by atoms with E-state index in [0.29, 0.717) is 17.5 Å². The highest BCUT2D eigenvalue weighted by molar-refractivity contribution is 5.93. The third-order valence-corrected chi connectivity index (χ3v) is 10.9. The number of hydrogen-bond acceptors (Lipinski definition) is 5. The molecule has 0 saturated heterocycles. The first kappa shape index (κ1) is 31.1. The molecule has 0 fully saturated rings. The van der Waals surface area contributed by atoms with E-state index < -0.39 is 5.41 Å². The zero-order valence-corrected chi connectivity index (χ0v) is 29.6. The molecule has 1 aliphatic heterocycles. The van der Waals surface area contributed by atoms with Gasteiger partial charge in [-0.05, 0) is 95.6 Å². The van der Waals surface area contributed by atoms with Crippen LogP contribution in [0.25, 0.3) is 56.3 Å². The number of hydrogen-bond donors (Lipinski definition) is 0. The fraction of sp³-hybridized carbons (Fsp3) is 0.0833. The maximum atomic E-state index is 6.63. The zero-order valence-electron chi connectivity index (χ0n) is 29.6. The van der Waals surface area contributed by atoms with Gasteiger partial charge in [0.2, 0.25) is 0 Å². The number of ether oxygens (including phenoxy) is 1. The van der Waals surface area contributed by atoms with Crippen molar-refractivity contribution in [1.29, 1.82) is 0 Å². The van der Waals surface area contributed by atoms with Crippen LogP contribution in [0.1, 0.15) is 39.2 Å². The molecule has 10 rings (SSSR count). The van der Waals surface area contributed by atoms with Gasteiger partial charge in [0, 0.05) is 34.0 Å². The lowest BCUT2D eigenvalue weighted by Crippen LogP contribution is -2.32. The lowest BCUT2D eigenvalue weighted by atomic mass is 9.66. The zero-order chi connectivity index (χ0) is 35.7. The van der Waals surface area contributed by atoms with Crippen molar-refractivity contribution >= 4 is 0 Å². The SMILES string of the molecule is Cc1nc(-c2ccccc2)nc(-c2ccc3c(c2)C2(c4ccccc4Oc4ccccc42)c2ccc(-c4ccccc4-c4cc(C)c(C)cn4)cc2-3)n1. The van der Waals surface area contributed by atoms with Gasteiger partial charge in [0.05, 0.1) is 11.1 Å². The lowest BCUT2D eigenvalue weighted by Gasteiger charge is -2.39. The van der Waals surface area contributed by atoms with Crippen LogP contribution in [0.5, 0.6) is 11.5 Å². The van der Waals surface area contributed by atoms with Crippen molar-refractivity contribution in [3.05, 3.63) is 191 Å². The van der Waals surface area contributed by atoms with Crippen molar-refractivity contribution < 1.29 is 4.74 Å². The van der Waals surface area contributed by atoms with Gasteiger partial charge >= 0.3 is 0 Å².